The molecule has 0 spiro atoms. The van der Waals surface area contributed by atoms with Crippen molar-refractivity contribution in [1.29, 1.82) is 0 Å². The third-order valence-corrected chi connectivity index (χ3v) is 6.24. The molecule has 2 rings (SSSR count). The first-order valence-corrected chi connectivity index (χ1v) is 8.40. The van der Waals surface area contributed by atoms with Crippen LogP contribution in [-0.4, -0.2) is 28.5 Å². The van der Waals surface area contributed by atoms with Crippen LogP contribution >= 0.6 is 0 Å². The van der Waals surface area contributed by atoms with Gasteiger partial charge < -0.3 is 10.2 Å². The first-order chi connectivity index (χ1) is 9.49. The van der Waals surface area contributed by atoms with Gasteiger partial charge in [0.2, 0.25) is 9.84 Å². The van der Waals surface area contributed by atoms with Gasteiger partial charge in [-0.15, -0.1) is 0 Å². The summed E-state index contributed by atoms with van der Waals surface area (Å²) in [4.78, 5) is -4.14. The number of allylic oxidation sites excluding steroid dienone is 4. The van der Waals surface area contributed by atoms with Crippen LogP contribution in [0.25, 0.3) is 0 Å². The van der Waals surface area contributed by atoms with Crippen molar-refractivity contribution in [2.45, 2.75) is 50.4 Å². The van der Waals surface area contributed by atoms with Gasteiger partial charge >= 0.3 is 0 Å². The zero-order chi connectivity index (χ0) is 16.1. The van der Waals surface area contributed by atoms with E-state index in [2.05, 4.69) is 0 Å². The Bertz CT molecular complexity index is 640. The van der Waals surface area contributed by atoms with E-state index in [0.717, 1.165) is 11.1 Å². The summed E-state index contributed by atoms with van der Waals surface area (Å²) in [5, 5.41) is 21.4. The Labute approximate surface area is 126 Å². The number of rotatable bonds is 2. The van der Waals surface area contributed by atoms with Crippen LogP contribution in [0.1, 0.15) is 40.5 Å². The van der Waals surface area contributed by atoms with Gasteiger partial charge in [0.15, 0.2) is 9.87 Å². The maximum atomic E-state index is 12.9. The lowest BCUT2D eigenvalue weighted by Crippen LogP contribution is -2.52. The van der Waals surface area contributed by atoms with Crippen molar-refractivity contribution in [3.8, 4) is 0 Å². The van der Waals surface area contributed by atoms with Crippen LogP contribution in [-0.2, 0) is 9.84 Å². The van der Waals surface area contributed by atoms with Crippen LogP contribution in [0.3, 0.4) is 0 Å². The predicted molar refractivity (Wildman–Crippen MR) is 83.1 cm³/mol. The van der Waals surface area contributed by atoms with Gasteiger partial charge in [0.05, 0.1) is 0 Å². The minimum Gasteiger partial charge on any atom is -0.371 e. The van der Waals surface area contributed by atoms with Crippen LogP contribution in [0.5, 0.6) is 0 Å². The Kier molecular flexibility index (Phi) is 3.81. The summed E-state index contributed by atoms with van der Waals surface area (Å²) in [6, 6.07) is 0. The number of hydrogen-bond donors (Lipinski definition) is 2. The summed E-state index contributed by atoms with van der Waals surface area (Å²) in [6.07, 6.45) is 6.27. The van der Waals surface area contributed by atoms with Gasteiger partial charge in [-0.3, -0.25) is 0 Å². The van der Waals surface area contributed by atoms with E-state index < -0.39 is 19.7 Å². The van der Waals surface area contributed by atoms with Crippen molar-refractivity contribution in [2.75, 3.05) is 0 Å². The summed E-state index contributed by atoms with van der Waals surface area (Å²) >= 11 is 0. The van der Waals surface area contributed by atoms with Crippen molar-refractivity contribution in [3.63, 3.8) is 0 Å². The fraction of sp³-hybridized carbons (Fsp3) is 0.500. The lowest BCUT2D eigenvalue weighted by molar-refractivity contribution is 0.129. The minimum absolute atomic E-state index is 0.0232. The molecule has 0 amide bonds. The maximum Gasteiger partial charge on any atom is 0.217 e. The van der Waals surface area contributed by atoms with Crippen LogP contribution < -0.4 is 0 Å². The molecule has 0 saturated heterocycles. The normalized spacial score (nSPS) is 33.8. The van der Waals surface area contributed by atoms with Crippen LogP contribution in [0.15, 0.2) is 46.6 Å². The molecule has 0 aromatic carbocycles. The van der Waals surface area contributed by atoms with Gasteiger partial charge in [-0.2, -0.15) is 0 Å². The van der Waals surface area contributed by atoms with Crippen molar-refractivity contribution in [1.82, 2.24) is 0 Å². The van der Waals surface area contributed by atoms with E-state index in [-0.39, 0.29) is 12.8 Å². The predicted octanol–water partition coefficient (Wildman–Crippen LogP) is 2.37. The average molecular weight is 310 g/mol. The zero-order valence-corrected chi connectivity index (χ0v) is 13.7. The molecule has 21 heavy (non-hydrogen) atoms. The molecule has 0 aromatic heterocycles. The third kappa shape index (κ3) is 2.65. The van der Waals surface area contributed by atoms with Gasteiger partial charge in [0, 0.05) is 12.8 Å². The highest BCUT2D eigenvalue weighted by molar-refractivity contribution is 7.94. The number of hydrogen-bond acceptors (Lipinski definition) is 4. The fourth-order valence-electron chi connectivity index (χ4n) is 3.23. The number of aliphatic hydroxyl groups is 2. The molecule has 2 aliphatic carbocycles. The molecule has 0 bridgehead atoms. The van der Waals surface area contributed by atoms with E-state index in [4.69, 9.17) is 0 Å². The second kappa shape index (κ2) is 4.93. The molecular formula is C16H22O4S. The number of sulfone groups is 1. The molecule has 0 saturated carbocycles. The van der Waals surface area contributed by atoms with Crippen molar-refractivity contribution >= 4 is 9.84 Å². The highest BCUT2D eigenvalue weighted by Gasteiger charge is 2.54. The average Bonchev–Trinajstić information content (AvgIpc) is 2.24. The van der Waals surface area contributed by atoms with E-state index in [1.807, 2.05) is 12.2 Å². The first kappa shape index (κ1) is 16.2. The topological polar surface area (TPSA) is 74.6 Å². The second-order valence-electron chi connectivity index (χ2n) is 6.30. The van der Waals surface area contributed by atoms with Crippen molar-refractivity contribution < 1.29 is 18.6 Å². The second-order valence-corrected chi connectivity index (χ2v) is 8.73. The largest absolute Gasteiger partial charge is 0.371 e. The van der Waals surface area contributed by atoms with Gasteiger partial charge in [0.1, 0.15) is 0 Å². The van der Waals surface area contributed by atoms with E-state index in [9.17, 15) is 18.6 Å². The molecule has 2 aliphatic rings. The third-order valence-electron chi connectivity index (χ3n) is 3.85. The Balaban J connectivity index is 2.54. The Hall–Kier alpha value is -1.17. The van der Waals surface area contributed by atoms with Crippen LogP contribution in [0.4, 0.5) is 0 Å². The molecule has 116 valence electrons. The molecular weight excluding hydrogens is 288 g/mol. The summed E-state index contributed by atoms with van der Waals surface area (Å²) in [6.45, 7) is 7.02. The van der Waals surface area contributed by atoms with E-state index in [1.165, 1.54) is 12.2 Å². The Morgan fingerprint density at radius 1 is 0.857 bits per heavy atom. The Morgan fingerprint density at radius 2 is 1.19 bits per heavy atom. The Morgan fingerprint density at radius 3 is 1.48 bits per heavy atom. The summed E-state index contributed by atoms with van der Waals surface area (Å²) < 4.78 is 25.8. The quantitative estimate of drug-likeness (QED) is 0.821. The molecule has 2 N–H and O–H groups in total. The smallest absolute Gasteiger partial charge is 0.217 e. The van der Waals surface area contributed by atoms with Gasteiger partial charge in [0.25, 0.3) is 0 Å². The molecule has 2 atom stereocenters. The SMILES string of the molecule is CC1=CC(O)(S(=O)(=O)C2(O)C=C(C)C=C(C)C2)CC(C)=C1. The zero-order valence-electron chi connectivity index (χ0n) is 12.8. The first-order valence-electron chi connectivity index (χ1n) is 6.91. The van der Waals surface area contributed by atoms with Gasteiger partial charge in [-0.1, -0.05) is 34.4 Å². The highest BCUT2D eigenvalue weighted by Crippen LogP contribution is 2.41. The summed E-state index contributed by atoms with van der Waals surface area (Å²) in [5.41, 5.74) is 2.90. The summed E-state index contributed by atoms with van der Waals surface area (Å²) in [7, 11) is -4.24. The highest BCUT2D eigenvalue weighted by atomic mass is 32.2. The molecule has 5 heteroatoms. The van der Waals surface area contributed by atoms with Crippen LogP contribution in [0, 0.1) is 0 Å². The molecule has 0 radical (unpaired) electrons. The molecule has 4 nitrogen and oxygen atoms in total. The van der Waals surface area contributed by atoms with E-state index >= 15 is 0 Å². The van der Waals surface area contributed by atoms with Crippen molar-refractivity contribution in [3.05, 3.63) is 46.6 Å². The van der Waals surface area contributed by atoms with E-state index in [0.29, 0.717) is 11.1 Å². The molecule has 0 fully saturated rings. The summed E-state index contributed by atoms with van der Waals surface area (Å²) in [5.74, 6) is 0. The maximum absolute atomic E-state index is 12.9. The van der Waals surface area contributed by atoms with Gasteiger partial charge in [-0.05, 0) is 39.8 Å². The molecule has 0 aliphatic heterocycles. The van der Waals surface area contributed by atoms with E-state index in [1.54, 1.807) is 27.7 Å². The fourth-order valence-corrected chi connectivity index (χ4v) is 5.36. The standard InChI is InChI=1S/C16H22O4S/c1-11-5-12(2)8-15(17,7-11)21(19,20)16(18)9-13(3)6-14(4)10-16/h5-7,9,17-18H,8,10H2,1-4H3. The lowest BCUT2D eigenvalue weighted by atomic mass is 9.98. The monoisotopic (exact) mass is 310 g/mol. The lowest BCUT2D eigenvalue weighted by Gasteiger charge is -2.37. The van der Waals surface area contributed by atoms with Gasteiger partial charge in [-0.25, -0.2) is 8.42 Å². The molecule has 0 heterocycles. The molecule has 0 aromatic rings. The minimum atomic E-state index is -4.24. The van der Waals surface area contributed by atoms with Crippen molar-refractivity contribution in [2.24, 2.45) is 0 Å². The van der Waals surface area contributed by atoms with Crippen LogP contribution in [0.2, 0.25) is 0 Å². The molecule has 2 unspecified atom stereocenters.